The number of nitrogens with two attached hydrogens (primary N) is 1. The molecular formula is C16H22F3NO2. The molecule has 0 unspecified atom stereocenters. The summed E-state index contributed by atoms with van der Waals surface area (Å²) in [5.41, 5.74) is 5.43. The molecule has 0 heterocycles. The minimum Gasteiger partial charge on any atom is -0.481 e. The third-order valence-corrected chi connectivity index (χ3v) is 3.74. The Balaban J connectivity index is 2.46. The number of benzene rings is 1. The minimum absolute atomic E-state index is 0.104. The number of alkyl halides is 3. The maximum atomic E-state index is 12.6. The molecule has 0 bridgehead atoms. The summed E-state index contributed by atoms with van der Waals surface area (Å²) in [6, 6.07) is 5.33. The van der Waals surface area contributed by atoms with Gasteiger partial charge in [-0.1, -0.05) is 31.5 Å². The number of carboxylic acid groups (broad SMARTS) is 1. The van der Waals surface area contributed by atoms with Gasteiger partial charge in [0.05, 0.1) is 11.5 Å². The van der Waals surface area contributed by atoms with E-state index in [-0.39, 0.29) is 12.5 Å². The molecule has 0 spiro atoms. The highest BCUT2D eigenvalue weighted by atomic mass is 19.4. The van der Waals surface area contributed by atoms with Crippen LogP contribution in [0.1, 0.15) is 37.3 Å². The molecule has 1 aromatic carbocycles. The summed E-state index contributed by atoms with van der Waals surface area (Å²) in [7, 11) is 0. The highest BCUT2D eigenvalue weighted by Gasteiger charge is 2.30. The van der Waals surface area contributed by atoms with E-state index in [2.05, 4.69) is 0 Å². The molecule has 0 saturated heterocycles. The average molecular weight is 317 g/mol. The van der Waals surface area contributed by atoms with Crippen molar-refractivity contribution in [3.63, 3.8) is 0 Å². The van der Waals surface area contributed by atoms with Crippen molar-refractivity contribution in [1.82, 2.24) is 0 Å². The quantitative estimate of drug-likeness (QED) is 0.768. The SMILES string of the molecule is C[C@@H](CCCc1cccc(C(F)(F)F)c1)C[C@H](CN)C(=O)O. The number of carboxylic acids is 1. The molecule has 0 fully saturated rings. The summed E-state index contributed by atoms with van der Waals surface area (Å²) >= 11 is 0. The molecular weight excluding hydrogens is 295 g/mol. The van der Waals surface area contributed by atoms with E-state index in [1.54, 1.807) is 6.07 Å². The van der Waals surface area contributed by atoms with Gasteiger partial charge < -0.3 is 10.8 Å². The third kappa shape index (κ3) is 6.05. The van der Waals surface area contributed by atoms with Gasteiger partial charge in [-0.2, -0.15) is 13.2 Å². The fourth-order valence-electron chi connectivity index (χ4n) is 2.46. The van der Waals surface area contributed by atoms with E-state index in [4.69, 9.17) is 10.8 Å². The van der Waals surface area contributed by atoms with Crippen LogP contribution in [0.3, 0.4) is 0 Å². The second kappa shape index (κ2) is 8.17. The first-order valence-corrected chi connectivity index (χ1v) is 7.33. The molecule has 3 nitrogen and oxygen atoms in total. The number of aliphatic carboxylic acids is 1. The van der Waals surface area contributed by atoms with Gasteiger partial charge in [0.25, 0.3) is 0 Å². The molecule has 2 atom stereocenters. The average Bonchev–Trinajstić information content (AvgIpc) is 2.44. The predicted molar refractivity (Wildman–Crippen MR) is 78.3 cm³/mol. The fraction of sp³-hybridized carbons (Fsp3) is 0.562. The van der Waals surface area contributed by atoms with Gasteiger partial charge >= 0.3 is 12.1 Å². The molecule has 1 rings (SSSR count). The fourth-order valence-corrected chi connectivity index (χ4v) is 2.46. The van der Waals surface area contributed by atoms with Crippen molar-refractivity contribution in [2.45, 2.75) is 38.8 Å². The molecule has 0 aliphatic heterocycles. The molecule has 0 aliphatic carbocycles. The zero-order chi connectivity index (χ0) is 16.8. The second-order valence-corrected chi connectivity index (χ2v) is 5.70. The van der Waals surface area contributed by atoms with Crippen molar-refractivity contribution in [3.05, 3.63) is 35.4 Å². The van der Waals surface area contributed by atoms with Crippen LogP contribution >= 0.6 is 0 Å². The maximum absolute atomic E-state index is 12.6. The summed E-state index contributed by atoms with van der Waals surface area (Å²) in [6.45, 7) is 2.05. The Morgan fingerprint density at radius 3 is 2.59 bits per heavy atom. The third-order valence-electron chi connectivity index (χ3n) is 3.74. The van der Waals surface area contributed by atoms with Crippen LogP contribution in [-0.4, -0.2) is 17.6 Å². The van der Waals surface area contributed by atoms with Crippen LogP contribution in [0.25, 0.3) is 0 Å². The summed E-state index contributed by atoms with van der Waals surface area (Å²) in [5.74, 6) is -1.27. The number of hydrogen-bond acceptors (Lipinski definition) is 2. The Hall–Kier alpha value is -1.56. The van der Waals surface area contributed by atoms with Crippen molar-refractivity contribution in [1.29, 1.82) is 0 Å². The van der Waals surface area contributed by atoms with Crippen LogP contribution in [0.4, 0.5) is 13.2 Å². The predicted octanol–water partition coefficient (Wildman–Crippen LogP) is 3.71. The Kier molecular flexibility index (Phi) is 6.87. The van der Waals surface area contributed by atoms with Gasteiger partial charge in [0.1, 0.15) is 0 Å². The van der Waals surface area contributed by atoms with Crippen LogP contribution in [-0.2, 0) is 17.4 Å². The Labute approximate surface area is 128 Å². The van der Waals surface area contributed by atoms with Crippen LogP contribution < -0.4 is 5.73 Å². The van der Waals surface area contributed by atoms with Gasteiger partial charge in [-0.3, -0.25) is 4.79 Å². The van der Waals surface area contributed by atoms with Crippen LogP contribution in [0.15, 0.2) is 24.3 Å². The molecule has 124 valence electrons. The first-order chi connectivity index (χ1) is 10.2. The van der Waals surface area contributed by atoms with Crippen LogP contribution in [0, 0.1) is 11.8 Å². The van der Waals surface area contributed by atoms with Crippen molar-refractivity contribution >= 4 is 5.97 Å². The van der Waals surface area contributed by atoms with E-state index < -0.39 is 23.6 Å². The molecule has 3 N–H and O–H groups in total. The lowest BCUT2D eigenvalue weighted by Crippen LogP contribution is -2.25. The highest BCUT2D eigenvalue weighted by molar-refractivity contribution is 5.70. The number of rotatable bonds is 8. The molecule has 1 aromatic rings. The van der Waals surface area contributed by atoms with Gasteiger partial charge in [-0.25, -0.2) is 0 Å². The van der Waals surface area contributed by atoms with Crippen molar-refractivity contribution in [2.24, 2.45) is 17.6 Å². The van der Waals surface area contributed by atoms with E-state index >= 15 is 0 Å². The van der Waals surface area contributed by atoms with Gasteiger partial charge in [0.15, 0.2) is 0 Å². The monoisotopic (exact) mass is 317 g/mol. The summed E-state index contributed by atoms with van der Waals surface area (Å²) < 4.78 is 37.8. The Morgan fingerprint density at radius 2 is 2.05 bits per heavy atom. The van der Waals surface area contributed by atoms with E-state index in [0.717, 1.165) is 18.9 Å². The largest absolute Gasteiger partial charge is 0.481 e. The van der Waals surface area contributed by atoms with E-state index in [9.17, 15) is 18.0 Å². The molecule has 6 heteroatoms. The van der Waals surface area contributed by atoms with Crippen molar-refractivity contribution in [2.75, 3.05) is 6.54 Å². The van der Waals surface area contributed by atoms with Gasteiger partial charge in [0.2, 0.25) is 0 Å². The summed E-state index contributed by atoms with van der Waals surface area (Å²) in [6.07, 6.45) is -1.79. The number of carbonyl (C=O) groups is 1. The van der Waals surface area contributed by atoms with Gasteiger partial charge in [0, 0.05) is 6.54 Å². The first kappa shape index (κ1) is 18.5. The lowest BCUT2D eigenvalue weighted by atomic mass is 9.91. The molecule has 22 heavy (non-hydrogen) atoms. The topological polar surface area (TPSA) is 63.3 Å². The second-order valence-electron chi connectivity index (χ2n) is 5.70. The molecule has 0 aromatic heterocycles. The molecule has 0 aliphatic rings. The van der Waals surface area contributed by atoms with E-state index in [0.29, 0.717) is 18.4 Å². The zero-order valence-corrected chi connectivity index (χ0v) is 12.6. The van der Waals surface area contributed by atoms with E-state index in [1.165, 1.54) is 12.1 Å². The smallest absolute Gasteiger partial charge is 0.416 e. The molecule has 0 saturated carbocycles. The van der Waals surface area contributed by atoms with Gasteiger partial charge in [-0.15, -0.1) is 0 Å². The maximum Gasteiger partial charge on any atom is 0.416 e. The molecule has 0 amide bonds. The van der Waals surface area contributed by atoms with Crippen LogP contribution in [0.5, 0.6) is 0 Å². The lowest BCUT2D eigenvalue weighted by molar-refractivity contribution is -0.142. The minimum atomic E-state index is -4.32. The van der Waals surface area contributed by atoms with Crippen LogP contribution in [0.2, 0.25) is 0 Å². The van der Waals surface area contributed by atoms with Crippen molar-refractivity contribution in [3.8, 4) is 0 Å². The molecule has 0 radical (unpaired) electrons. The normalized spacial score (nSPS) is 14.6. The van der Waals surface area contributed by atoms with Gasteiger partial charge in [-0.05, 0) is 36.8 Å². The highest BCUT2D eigenvalue weighted by Crippen LogP contribution is 2.30. The Bertz CT molecular complexity index is 489. The lowest BCUT2D eigenvalue weighted by Gasteiger charge is -2.16. The summed E-state index contributed by atoms with van der Waals surface area (Å²) in [5, 5.41) is 8.95. The summed E-state index contributed by atoms with van der Waals surface area (Å²) in [4.78, 5) is 10.9. The Morgan fingerprint density at radius 1 is 1.36 bits per heavy atom. The zero-order valence-electron chi connectivity index (χ0n) is 12.6. The van der Waals surface area contributed by atoms with Crippen molar-refractivity contribution < 1.29 is 23.1 Å². The number of hydrogen-bond donors (Lipinski definition) is 2. The number of halogens is 3. The number of aryl methyl sites for hydroxylation is 1. The van der Waals surface area contributed by atoms with E-state index in [1.807, 2.05) is 6.92 Å². The first-order valence-electron chi connectivity index (χ1n) is 7.33. The standard InChI is InChI=1S/C16H22F3NO2/c1-11(8-13(10-20)15(21)22)4-2-5-12-6-3-7-14(9-12)16(17,18)19/h3,6-7,9,11,13H,2,4-5,8,10,20H2,1H3,(H,21,22)/t11-,13+/m0/s1.